The molecule has 5 heteroatoms. The molecule has 158 valence electrons. The standard InChI is InChI=1S/C24H34N2O3/c1-25-15-7-2-8-16-26(23(27)17-18-13-14-18)20-10-4-6-12-22(20)29-21-11-5-3-9-19(21)24(25)28/h3,5,9,11,18,20,22H,2,4,6-8,10,12-17H2,1H3/t20-,22+/m1/s1. The molecule has 2 aliphatic carbocycles. The molecule has 2 saturated carbocycles. The fourth-order valence-corrected chi connectivity index (χ4v) is 4.76. The molecule has 0 bridgehead atoms. The molecule has 29 heavy (non-hydrogen) atoms. The summed E-state index contributed by atoms with van der Waals surface area (Å²) in [4.78, 5) is 30.1. The van der Waals surface area contributed by atoms with E-state index < -0.39 is 0 Å². The number of rotatable bonds is 2. The van der Waals surface area contributed by atoms with Gasteiger partial charge in [0.25, 0.3) is 5.91 Å². The van der Waals surface area contributed by atoms with Crippen LogP contribution in [0.3, 0.4) is 0 Å². The van der Waals surface area contributed by atoms with Crippen molar-refractivity contribution < 1.29 is 14.3 Å². The number of benzene rings is 1. The van der Waals surface area contributed by atoms with Crippen molar-refractivity contribution in [3.63, 3.8) is 0 Å². The summed E-state index contributed by atoms with van der Waals surface area (Å²) >= 11 is 0. The Labute approximate surface area is 174 Å². The van der Waals surface area contributed by atoms with E-state index >= 15 is 0 Å². The van der Waals surface area contributed by atoms with Gasteiger partial charge < -0.3 is 14.5 Å². The number of para-hydroxylation sites is 1. The van der Waals surface area contributed by atoms with Gasteiger partial charge in [-0.05, 0) is 69.4 Å². The zero-order valence-corrected chi connectivity index (χ0v) is 17.6. The quantitative estimate of drug-likeness (QED) is 0.748. The lowest BCUT2D eigenvalue weighted by Crippen LogP contribution is -2.51. The average Bonchev–Trinajstić information content (AvgIpc) is 3.54. The Morgan fingerprint density at radius 3 is 2.59 bits per heavy atom. The van der Waals surface area contributed by atoms with E-state index in [1.165, 1.54) is 12.8 Å². The van der Waals surface area contributed by atoms with Crippen molar-refractivity contribution >= 4 is 11.8 Å². The minimum absolute atomic E-state index is 0.0221. The van der Waals surface area contributed by atoms with Crippen LogP contribution in [0.4, 0.5) is 0 Å². The average molecular weight is 399 g/mol. The lowest BCUT2D eigenvalue weighted by atomic mass is 9.90. The molecule has 1 aromatic carbocycles. The fourth-order valence-electron chi connectivity index (χ4n) is 4.76. The van der Waals surface area contributed by atoms with Crippen molar-refractivity contribution in [3.05, 3.63) is 29.8 Å². The maximum Gasteiger partial charge on any atom is 0.257 e. The summed E-state index contributed by atoms with van der Waals surface area (Å²) in [7, 11) is 1.87. The molecule has 0 N–H and O–H groups in total. The van der Waals surface area contributed by atoms with Crippen LogP contribution in [0.1, 0.15) is 74.6 Å². The van der Waals surface area contributed by atoms with E-state index in [-0.39, 0.29) is 18.1 Å². The topological polar surface area (TPSA) is 49.9 Å². The van der Waals surface area contributed by atoms with Crippen LogP contribution < -0.4 is 4.74 Å². The van der Waals surface area contributed by atoms with Crippen molar-refractivity contribution in [1.82, 2.24) is 9.80 Å². The Hall–Kier alpha value is -2.04. The molecule has 1 aliphatic heterocycles. The molecule has 0 unspecified atom stereocenters. The highest BCUT2D eigenvalue weighted by atomic mass is 16.5. The number of amides is 2. The number of ether oxygens (including phenoxy) is 1. The molecular weight excluding hydrogens is 364 g/mol. The predicted molar refractivity (Wildman–Crippen MR) is 113 cm³/mol. The maximum atomic E-state index is 13.1. The first-order valence-electron chi connectivity index (χ1n) is 11.4. The Kier molecular flexibility index (Phi) is 6.41. The van der Waals surface area contributed by atoms with E-state index in [0.29, 0.717) is 29.6 Å². The van der Waals surface area contributed by atoms with Gasteiger partial charge >= 0.3 is 0 Å². The van der Waals surface area contributed by atoms with E-state index in [9.17, 15) is 9.59 Å². The third-order valence-electron chi connectivity index (χ3n) is 6.68. The van der Waals surface area contributed by atoms with Crippen LogP contribution in [-0.2, 0) is 4.79 Å². The van der Waals surface area contributed by atoms with Crippen LogP contribution in [0.25, 0.3) is 0 Å². The van der Waals surface area contributed by atoms with E-state index in [1.54, 1.807) is 4.90 Å². The number of hydrogen-bond donors (Lipinski definition) is 0. The van der Waals surface area contributed by atoms with Crippen LogP contribution in [0.2, 0.25) is 0 Å². The first-order valence-corrected chi connectivity index (χ1v) is 11.4. The number of carbonyl (C=O) groups is 2. The molecule has 0 aromatic heterocycles. The van der Waals surface area contributed by atoms with Crippen LogP contribution in [0.15, 0.2) is 24.3 Å². The smallest absolute Gasteiger partial charge is 0.257 e. The number of carbonyl (C=O) groups excluding carboxylic acids is 2. The first-order chi connectivity index (χ1) is 14.1. The Morgan fingerprint density at radius 2 is 1.76 bits per heavy atom. The van der Waals surface area contributed by atoms with E-state index in [4.69, 9.17) is 4.74 Å². The molecular formula is C24H34N2O3. The van der Waals surface area contributed by atoms with Crippen molar-refractivity contribution in [2.24, 2.45) is 5.92 Å². The largest absolute Gasteiger partial charge is 0.487 e. The van der Waals surface area contributed by atoms with Crippen molar-refractivity contribution in [2.75, 3.05) is 20.1 Å². The van der Waals surface area contributed by atoms with Gasteiger partial charge in [-0.2, -0.15) is 0 Å². The van der Waals surface area contributed by atoms with Gasteiger partial charge in [-0.3, -0.25) is 9.59 Å². The van der Waals surface area contributed by atoms with Gasteiger partial charge in [0.1, 0.15) is 11.9 Å². The molecule has 2 amide bonds. The van der Waals surface area contributed by atoms with Crippen molar-refractivity contribution in [2.45, 2.75) is 76.4 Å². The molecule has 5 nitrogen and oxygen atoms in total. The van der Waals surface area contributed by atoms with Gasteiger partial charge in [0, 0.05) is 26.6 Å². The summed E-state index contributed by atoms with van der Waals surface area (Å²) in [6, 6.07) is 7.72. The summed E-state index contributed by atoms with van der Waals surface area (Å²) in [5.41, 5.74) is 0.634. The highest BCUT2D eigenvalue weighted by Gasteiger charge is 2.37. The molecule has 1 heterocycles. The normalized spacial score (nSPS) is 26.3. The zero-order chi connectivity index (χ0) is 20.2. The summed E-state index contributed by atoms with van der Waals surface area (Å²) in [5.74, 6) is 1.59. The fraction of sp³-hybridized carbons (Fsp3) is 0.667. The third kappa shape index (κ3) is 4.93. The predicted octanol–water partition coefficient (Wildman–Crippen LogP) is 4.26. The monoisotopic (exact) mass is 398 g/mol. The number of fused-ring (bicyclic) bond motifs is 2. The lowest BCUT2D eigenvalue weighted by molar-refractivity contribution is -0.137. The first kappa shape index (κ1) is 20.2. The van der Waals surface area contributed by atoms with Crippen LogP contribution in [0.5, 0.6) is 5.75 Å². The van der Waals surface area contributed by atoms with Crippen molar-refractivity contribution in [1.29, 1.82) is 0 Å². The van der Waals surface area contributed by atoms with Crippen molar-refractivity contribution in [3.8, 4) is 5.75 Å². The second kappa shape index (κ2) is 9.19. The Bertz CT molecular complexity index is 731. The van der Waals surface area contributed by atoms with Gasteiger partial charge in [-0.15, -0.1) is 0 Å². The van der Waals surface area contributed by atoms with Crippen LogP contribution in [-0.4, -0.2) is 53.9 Å². The molecule has 2 fully saturated rings. The number of hydrogen-bond acceptors (Lipinski definition) is 3. The summed E-state index contributed by atoms with van der Waals surface area (Å²) in [6.07, 6.45) is 10.2. The summed E-state index contributed by atoms with van der Waals surface area (Å²) in [6.45, 7) is 1.55. The van der Waals surface area contributed by atoms with E-state index in [1.807, 2.05) is 31.3 Å². The maximum absolute atomic E-state index is 13.1. The second-order valence-electron chi connectivity index (χ2n) is 9.03. The minimum Gasteiger partial charge on any atom is -0.487 e. The van der Waals surface area contributed by atoms with E-state index in [2.05, 4.69) is 4.90 Å². The van der Waals surface area contributed by atoms with Gasteiger partial charge in [0.15, 0.2) is 0 Å². The van der Waals surface area contributed by atoms with Gasteiger partial charge in [-0.1, -0.05) is 18.6 Å². The zero-order valence-electron chi connectivity index (χ0n) is 17.6. The van der Waals surface area contributed by atoms with Crippen LogP contribution >= 0.6 is 0 Å². The molecule has 3 aliphatic rings. The molecule has 0 spiro atoms. The molecule has 0 radical (unpaired) electrons. The highest BCUT2D eigenvalue weighted by molar-refractivity contribution is 5.96. The molecule has 2 atom stereocenters. The summed E-state index contributed by atoms with van der Waals surface area (Å²) in [5, 5.41) is 0. The van der Waals surface area contributed by atoms with Gasteiger partial charge in [0.05, 0.1) is 11.6 Å². The lowest BCUT2D eigenvalue weighted by Gasteiger charge is -2.40. The van der Waals surface area contributed by atoms with Crippen LogP contribution in [0, 0.1) is 5.92 Å². The SMILES string of the molecule is CN1CCCCCN(C(=O)CC2CC2)[C@@H]2CCCC[C@@H]2Oc2ccccc2C1=O. The molecule has 1 aromatic rings. The second-order valence-corrected chi connectivity index (χ2v) is 9.03. The number of nitrogens with zero attached hydrogens (tertiary/aromatic N) is 2. The Balaban J connectivity index is 1.62. The minimum atomic E-state index is -0.0353. The highest BCUT2D eigenvalue weighted by Crippen LogP contribution is 2.35. The van der Waals surface area contributed by atoms with E-state index in [0.717, 1.165) is 58.0 Å². The Morgan fingerprint density at radius 1 is 1.00 bits per heavy atom. The summed E-state index contributed by atoms with van der Waals surface area (Å²) < 4.78 is 6.49. The molecule has 4 rings (SSSR count). The van der Waals surface area contributed by atoms with Gasteiger partial charge in [-0.25, -0.2) is 0 Å². The third-order valence-corrected chi connectivity index (χ3v) is 6.68. The molecule has 0 saturated heterocycles. The van der Waals surface area contributed by atoms with Gasteiger partial charge in [0.2, 0.25) is 5.91 Å².